The molecule has 1 aromatic carbocycles. The summed E-state index contributed by atoms with van der Waals surface area (Å²) in [5, 5.41) is 0. The van der Waals surface area contributed by atoms with Crippen molar-refractivity contribution < 1.29 is 14.2 Å². The third-order valence-corrected chi connectivity index (χ3v) is 3.34. The van der Waals surface area contributed by atoms with Crippen molar-refractivity contribution in [3.05, 3.63) is 30.4 Å². The Labute approximate surface area is 127 Å². The minimum Gasteiger partial charge on any atom is -0.493 e. The average molecular weight is 293 g/mol. The largest absolute Gasteiger partial charge is 0.493 e. The lowest BCUT2D eigenvalue weighted by molar-refractivity contribution is 0.271. The van der Waals surface area contributed by atoms with Gasteiger partial charge in [-0.1, -0.05) is 13.0 Å². The molecule has 0 fully saturated rings. The Morgan fingerprint density at radius 1 is 1.24 bits per heavy atom. The number of benzene rings is 1. The molecule has 1 atom stereocenters. The van der Waals surface area contributed by atoms with Gasteiger partial charge in [0.05, 0.1) is 20.8 Å². The van der Waals surface area contributed by atoms with Crippen LogP contribution in [0.3, 0.4) is 0 Å². The summed E-state index contributed by atoms with van der Waals surface area (Å²) in [6, 6.07) is 4.08. The van der Waals surface area contributed by atoms with Crippen molar-refractivity contribution in [3.63, 3.8) is 0 Å². The number of methoxy groups -OCH3 is 2. The molecule has 1 rings (SSSR count). The van der Waals surface area contributed by atoms with E-state index in [1.54, 1.807) is 14.2 Å². The molecule has 0 aliphatic carbocycles. The summed E-state index contributed by atoms with van der Waals surface area (Å²) in [5.41, 5.74) is 7.11. The third kappa shape index (κ3) is 5.31. The lowest BCUT2D eigenvalue weighted by Gasteiger charge is -2.17. The first-order valence-electron chi connectivity index (χ1n) is 7.40. The molecule has 0 amide bonds. The number of unbranched alkanes of at least 4 members (excludes halogenated alkanes) is 1. The molecular weight excluding hydrogens is 266 g/mol. The van der Waals surface area contributed by atoms with Gasteiger partial charge in [0.25, 0.3) is 0 Å². The molecule has 0 heterocycles. The van der Waals surface area contributed by atoms with E-state index in [1.165, 1.54) is 0 Å². The van der Waals surface area contributed by atoms with Crippen molar-refractivity contribution >= 4 is 0 Å². The second-order valence-electron chi connectivity index (χ2n) is 4.98. The van der Waals surface area contributed by atoms with Crippen LogP contribution in [0.1, 0.15) is 31.7 Å². The van der Waals surface area contributed by atoms with Gasteiger partial charge < -0.3 is 19.9 Å². The molecule has 4 nitrogen and oxygen atoms in total. The first kappa shape index (κ1) is 17.4. The normalized spacial score (nSPS) is 11.8. The van der Waals surface area contributed by atoms with E-state index in [1.807, 2.05) is 18.2 Å². The van der Waals surface area contributed by atoms with Crippen molar-refractivity contribution in [1.82, 2.24) is 0 Å². The summed E-state index contributed by atoms with van der Waals surface area (Å²) in [6.07, 6.45) is 5.45. The highest BCUT2D eigenvalue weighted by Crippen LogP contribution is 2.39. The van der Waals surface area contributed by atoms with Crippen LogP contribution in [0, 0.1) is 0 Å². The minimum atomic E-state index is 0.138. The molecule has 0 saturated carbocycles. The molecule has 0 spiro atoms. The zero-order chi connectivity index (χ0) is 15.7. The van der Waals surface area contributed by atoms with Crippen LogP contribution in [0.2, 0.25) is 0 Å². The topological polar surface area (TPSA) is 53.7 Å². The number of allylic oxidation sites excluding steroid dienone is 1. The van der Waals surface area contributed by atoms with E-state index in [2.05, 4.69) is 13.5 Å². The van der Waals surface area contributed by atoms with E-state index in [9.17, 15) is 0 Å². The standard InChI is InChI=1S/C17H27NO3/c1-5-7-8-9-21-17-15(19-3)11-13(10-14(18)6-2)12-16(17)20-4/h5,11-12,14H,1,6-10,18H2,2-4H3. The summed E-state index contributed by atoms with van der Waals surface area (Å²) in [4.78, 5) is 0. The molecule has 4 heteroatoms. The van der Waals surface area contributed by atoms with Gasteiger partial charge in [-0.15, -0.1) is 6.58 Å². The van der Waals surface area contributed by atoms with Crippen LogP contribution in [0.25, 0.3) is 0 Å². The maximum atomic E-state index is 6.02. The van der Waals surface area contributed by atoms with Gasteiger partial charge in [0, 0.05) is 6.04 Å². The molecule has 0 aliphatic heterocycles. The Morgan fingerprint density at radius 3 is 2.33 bits per heavy atom. The highest BCUT2D eigenvalue weighted by Gasteiger charge is 2.15. The second kappa shape index (κ2) is 9.29. The van der Waals surface area contributed by atoms with Crippen molar-refractivity contribution in [2.24, 2.45) is 5.73 Å². The van der Waals surface area contributed by atoms with Crippen molar-refractivity contribution in [2.75, 3.05) is 20.8 Å². The summed E-state index contributed by atoms with van der Waals surface area (Å²) in [6.45, 7) is 6.39. The highest BCUT2D eigenvalue weighted by atomic mass is 16.5. The van der Waals surface area contributed by atoms with Crippen molar-refractivity contribution in [1.29, 1.82) is 0 Å². The molecule has 0 saturated heterocycles. The molecule has 0 radical (unpaired) electrons. The van der Waals surface area contributed by atoms with Gasteiger partial charge >= 0.3 is 0 Å². The minimum absolute atomic E-state index is 0.138. The maximum absolute atomic E-state index is 6.02. The molecule has 118 valence electrons. The third-order valence-electron chi connectivity index (χ3n) is 3.34. The molecule has 2 N–H and O–H groups in total. The number of hydrogen-bond acceptors (Lipinski definition) is 4. The lowest BCUT2D eigenvalue weighted by Crippen LogP contribution is -2.21. The first-order chi connectivity index (χ1) is 10.2. The summed E-state index contributed by atoms with van der Waals surface area (Å²) >= 11 is 0. The Bertz CT molecular complexity index is 421. The van der Waals surface area contributed by atoms with Crippen LogP contribution >= 0.6 is 0 Å². The zero-order valence-electron chi connectivity index (χ0n) is 13.4. The Balaban J connectivity index is 2.92. The fourth-order valence-electron chi connectivity index (χ4n) is 2.04. The Hall–Kier alpha value is -1.68. The monoisotopic (exact) mass is 293 g/mol. The fraction of sp³-hybridized carbons (Fsp3) is 0.529. The van der Waals surface area contributed by atoms with Gasteiger partial charge in [-0.2, -0.15) is 0 Å². The lowest BCUT2D eigenvalue weighted by atomic mass is 10.0. The summed E-state index contributed by atoms with van der Waals surface area (Å²) in [7, 11) is 3.27. The predicted molar refractivity (Wildman–Crippen MR) is 86.4 cm³/mol. The van der Waals surface area contributed by atoms with Crippen LogP contribution in [0.5, 0.6) is 17.2 Å². The highest BCUT2D eigenvalue weighted by molar-refractivity contribution is 5.54. The maximum Gasteiger partial charge on any atom is 0.203 e. The summed E-state index contributed by atoms with van der Waals surface area (Å²) < 4.78 is 16.7. The first-order valence-corrected chi connectivity index (χ1v) is 7.40. The van der Waals surface area contributed by atoms with Crippen LogP contribution in [0.4, 0.5) is 0 Å². The predicted octanol–water partition coefficient (Wildman–Crippen LogP) is 3.33. The smallest absolute Gasteiger partial charge is 0.203 e. The molecule has 21 heavy (non-hydrogen) atoms. The van der Waals surface area contributed by atoms with Gasteiger partial charge in [-0.05, 0) is 43.4 Å². The van der Waals surface area contributed by atoms with Crippen LogP contribution in [-0.2, 0) is 6.42 Å². The summed E-state index contributed by atoms with van der Waals surface area (Å²) in [5.74, 6) is 2.02. The van der Waals surface area contributed by atoms with Crippen molar-refractivity contribution in [3.8, 4) is 17.2 Å². The average Bonchev–Trinajstić information content (AvgIpc) is 2.51. The van der Waals surface area contributed by atoms with E-state index in [0.717, 1.165) is 31.2 Å². The van der Waals surface area contributed by atoms with Gasteiger partial charge in [-0.3, -0.25) is 0 Å². The second-order valence-corrected chi connectivity index (χ2v) is 4.98. The molecule has 1 unspecified atom stereocenters. The molecular formula is C17H27NO3. The van der Waals surface area contributed by atoms with Crippen molar-refractivity contribution in [2.45, 2.75) is 38.6 Å². The van der Waals surface area contributed by atoms with E-state index in [4.69, 9.17) is 19.9 Å². The Morgan fingerprint density at radius 2 is 1.86 bits per heavy atom. The van der Waals surface area contributed by atoms with Gasteiger partial charge in [0.2, 0.25) is 5.75 Å². The number of hydrogen-bond donors (Lipinski definition) is 1. The number of rotatable bonds is 10. The molecule has 0 aliphatic rings. The van der Waals surface area contributed by atoms with Crippen LogP contribution in [0.15, 0.2) is 24.8 Å². The van der Waals surface area contributed by atoms with Gasteiger partial charge in [-0.25, -0.2) is 0 Å². The Kier molecular flexibility index (Phi) is 7.69. The van der Waals surface area contributed by atoms with E-state index >= 15 is 0 Å². The van der Waals surface area contributed by atoms with Gasteiger partial charge in [0.1, 0.15) is 0 Å². The van der Waals surface area contributed by atoms with Crippen LogP contribution < -0.4 is 19.9 Å². The zero-order valence-corrected chi connectivity index (χ0v) is 13.4. The molecule has 1 aromatic rings. The van der Waals surface area contributed by atoms with Gasteiger partial charge in [0.15, 0.2) is 11.5 Å². The quantitative estimate of drug-likeness (QED) is 0.531. The fourth-order valence-corrected chi connectivity index (χ4v) is 2.04. The van der Waals surface area contributed by atoms with Crippen LogP contribution in [-0.4, -0.2) is 26.9 Å². The van der Waals surface area contributed by atoms with E-state index in [0.29, 0.717) is 23.9 Å². The molecule has 0 aromatic heterocycles. The van der Waals surface area contributed by atoms with E-state index < -0.39 is 0 Å². The van der Waals surface area contributed by atoms with E-state index in [-0.39, 0.29) is 6.04 Å². The SMILES string of the molecule is C=CCCCOc1c(OC)cc(CC(N)CC)cc1OC. The number of nitrogens with two attached hydrogens (primary N) is 1. The number of ether oxygens (including phenoxy) is 3. The molecule has 0 bridgehead atoms.